The lowest BCUT2D eigenvalue weighted by Gasteiger charge is -2.46. The van der Waals surface area contributed by atoms with Gasteiger partial charge in [-0.05, 0) is 105 Å². The number of esters is 2. The summed E-state index contributed by atoms with van der Waals surface area (Å²) in [5.74, 6) is 0.549. The molecule has 0 aromatic carbocycles. The van der Waals surface area contributed by atoms with Gasteiger partial charge in [0.2, 0.25) is 5.82 Å². The number of nitrogens with one attached hydrogen (secondary N) is 2. The SMILES string of the molecule is CC1(C)CC(OC(=O)CCC2CCC(c3cnc(C(=O)OC4CC(C)(C)NC(C)(C)C4)nc3)CC2)CC(C)(C)N1. The molecule has 4 rings (SSSR count). The van der Waals surface area contributed by atoms with Crippen molar-refractivity contribution >= 4 is 11.9 Å². The lowest BCUT2D eigenvalue weighted by Crippen LogP contribution is -2.59. The quantitative estimate of drug-likeness (QED) is 0.403. The summed E-state index contributed by atoms with van der Waals surface area (Å²) in [5, 5.41) is 7.25. The molecule has 0 amide bonds. The van der Waals surface area contributed by atoms with Crippen molar-refractivity contribution in [3.05, 3.63) is 23.8 Å². The summed E-state index contributed by atoms with van der Waals surface area (Å²) < 4.78 is 11.7. The Morgan fingerprint density at radius 3 is 1.68 bits per heavy atom. The maximum atomic E-state index is 12.8. The number of nitrogens with zero attached hydrogens (tertiary/aromatic N) is 2. The minimum absolute atomic E-state index is 0.0203. The van der Waals surface area contributed by atoms with E-state index < -0.39 is 5.97 Å². The summed E-state index contributed by atoms with van der Waals surface area (Å²) >= 11 is 0. The van der Waals surface area contributed by atoms with Gasteiger partial charge in [-0.2, -0.15) is 0 Å². The smallest absolute Gasteiger partial charge is 0.376 e. The molecule has 2 aliphatic heterocycles. The van der Waals surface area contributed by atoms with Crippen LogP contribution in [0.25, 0.3) is 0 Å². The van der Waals surface area contributed by atoms with Crippen molar-refractivity contribution in [3.63, 3.8) is 0 Å². The van der Waals surface area contributed by atoms with Gasteiger partial charge in [0, 0.05) is 66.7 Å². The molecule has 0 radical (unpaired) electrons. The second kappa shape index (κ2) is 11.7. The lowest BCUT2D eigenvalue weighted by molar-refractivity contribution is -0.153. The van der Waals surface area contributed by atoms with E-state index in [0.717, 1.165) is 63.4 Å². The molecule has 8 heteroatoms. The summed E-state index contributed by atoms with van der Waals surface area (Å²) in [6.45, 7) is 17.2. The van der Waals surface area contributed by atoms with Gasteiger partial charge < -0.3 is 20.1 Å². The highest BCUT2D eigenvalue weighted by Crippen LogP contribution is 2.38. The predicted molar refractivity (Wildman–Crippen MR) is 156 cm³/mol. The van der Waals surface area contributed by atoms with E-state index in [4.69, 9.17) is 9.47 Å². The van der Waals surface area contributed by atoms with E-state index in [1.807, 2.05) is 0 Å². The number of hydrogen-bond donors (Lipinski definition) is 2. The Morgan fingerprint density at radius 1 is 0.750 bits per heavy atom. The number of carbonyl (C=O) groups excluding carboxylic acids is 2. The molecule has 40 heavy (non-hydrogen) atoms. The van der Waals surface area contributed by atoms with E-state index >= 15 is 0 Å². The summed E-state index contributed by atoms with van der Waals surface area (Å²) in [5.41, 5.74) is 0.814. The van der Waals surface area contributed by atoms with Gasteiger partial charge in [0.05, 0.1) is 0 Å². The van der Waals surface area contributed by atoms with Gasteiger partial charge in [-0.3, -0.25) is 4.79 Å². The Kier molecular flexibility index (Phi) is 9.01. The van der Waals surface area contributed by atoms with E-state index in [1.54, 1.807) is 12.4 Å². The Bertz CT molecular complexity index is 1010. The molecule has 0 spiro atoms. The van der Waals surface area contributed by atoms with Crippen LogP contribution in [0.2, 0.25) is 0 Å². The molecule has 1 aromatic heterocycles. The first-order valence-corrected chi connectivity index (χ1v) is 15.3. The van der Waals surface area contributed by atoms with Crippen LogP contribution >= 0.6 is 0 Å². The van der Waals surface area contributed by atoms with Crippen molar-refractivity contribution in [2.45, 2.75) is 160 Å². The van der Waals surface area contributed by atoms with Crippen LogP contribution < -0.4 is 10.6 Å². The Morgan fingerprint density at radius 2 is 1.20 bits per heavy atom. The third-order valence-electron chi connectivity index (χ3n) is 8.81. The van der Waals surface area contributed by atoms with Crippen molar-refractivity contribution in [2.75, 3.05) is 0 Å². The molecule has 3 fully saturated rings. The minimum atomic E-state index is -0.447. The fraction of sp³-hybridized carbons (Fsp3) is 0.812. The largest absolute Gasteiger partial charge is 0.462 e. The zero-order valence-corrected chi connectivity index (χ0v) is 26.1. The molecule has 224 valence electrons. The number of carbonyl (C=O) groups is 2. The first kappa shape index (κ1) is 30.9. The molecular weight excluding hydrogens is 504 g/mol. The van der Waals surface area contributed by atoms with Crippen molar-refractivity contribution in [2.24, 2.45) is 5.92 Å². The van der Waals surface area contributed by atoms with E-state index in [2.05, 4.69) is 76.0 Å². The van der Waals surface area contributed by atoms with Crippen LogP contribution in [0.1, 0.15) is 142 Å². The number of hydrogen-bond acceptors (Lipinski definition) is 8. The fourth-order valence-corrected chi connectivity index (χ4v) is 7.83. The van der Waals surface area contributed by atoms with Crippen LogP contribution in [0.4, 0.5) is 0 Å². The van der Waals surface area contributed by atoms with E-state index in [1.165, 1.54) is 0 Å². The van der Waals surface area contributed by atoms with Crippen LogP contribution in [0, 0.1) is 5.92 Å². The highest BCUT2D eigenvalue weighted by Gasteiger charge is 2.40. The average Bonchev–Trinajstić information content (AvgIpc) is 2.79. The maximum Gasteiger partial charge on any atom is 0.376 e. The van der Waals surface area contributed by atoms with Gasteiger partial charge >= 0.3 is 11.9 Å². The van der Waals surface area contributed by atoms with Gasteiger partial charge in [-0.1, -0.05) is 0 Å². The molecule has 0 atom stereocenters. The number of aromatic nitrogens is 2. The van der Waals surface area contributed by atoms with Gasteiger partial charge in [-0.25, -0.2) is 14.8 Å². The molecular formula is C32H52N4O4. The van der Waals surface area contributed by atoms with E-state index in [0.29, 0.717) is 18.3 Å². The van der Waals surface area contributed by atoms with Crippen LogP contribution in [-0.4, -0.2) is 56.3 Å². The normalized spacial score (nSPS) is 28.0. The Labute approximate surface area is 241 Å². The Balaban J connectivity index is 1.20. The second-order valence-corrected chi connectivity index (χ2v) is 15.3. The first-order valence-electron chi connectivity index (χ1n) is 15.3. The zero-order chi connectivity index (χ0) is 29.3. The van der Waals surface area contributed by atoms with Gasteiger partial charge in [0.25, 0.3) is 0 Å². The standard InChI is InChI=1S/C32H52N4O4/c1-29(2)15-24(16-30(3,4)35-29)39-26(37)14-11-21-9-12-22(13-10-21)23-19-33-27(34-20-23)28(38)40-25-17-31(5,6)36-32(7,8)18-25/h19-22,24-25,35-36H,9-18H2,1-8H3. The van der Waals surface area contributed by atoms with Crippen molar-refractivity contribution < 1.29 is 19.1 Å². The highest BCUT2D eigenvalue weighted by molar-refractivity contribution is 5.85. The molecule has 0 bridgehead atoms. The predicted octanol–water partition coefficient (Wildman–Crippen LogP) is 5.85. The third kappa shape index (κ3) is 8.72. The lowest BCUT2D eigenvalue weighted by atomic mass is 9.78. The summed E-state index contributed by atoms with van der Waals surface area (Å²) in [6, 6.07) is 0. The summed E-state index contributed by atoms with van der Waals surface area (Å²) in [4.78, 5) is 34.2. The second-order valence-electron chi connectivity index (χ2n) is 15.3. The summed E-state index contributed by atoms with van der Waals surface area (Å²) in [7, 11) is 0. The number of rotatable bonds is 7. The third-order valence-corrected chi connectivity index (χ3v) is 8.81. The van der Waals surface area contributed by atoms with E-state index in [9.17, 15) is 9.59 Å². The number of piperidine rings is 2. The monoisotopic (exact) mass is 556 g/mol. The molecule has 8 nitrogen and oxygen atoms in total. The number of ether oxygens (including phenoxy) is 2. The van der Waals surface area contributed by atoms with Crippen molar-refractivity contribution in [1.29, 1.82) is 0 Å². The molecule has 3 aliphatic rings. The molecule has 2 saturated heterocycles. The van der Waals surface area contributed by atoms with Gasteiger partial charge in [0.15, 0.2) is 0 Å². The van der Waals surface area contributed by atoms with Gasteiger partial charge in [-0.15, -0.1) is 0 Å². The van der Waals surface area contributed by atoms with E-state index in [-0.39, 0.29) is 46.2 Å². The first-order chi connectivity index (χ1) is 18.5. The van der Waals surface area contributed by atoms with Crippen molar-refractivity contribution in [1.82, 2.24) is 20.6 Å². The van der Waals surface area contributed by atoms with Crippen LogP contribution in [0.3, 0.4) is 0 Å². The van der Waals surface area contributed by atoms with Crippen LogP contribution in [-0.2, 0) is 14.3 Å². The maximum absolute atomic E-state index is 12.8. The van der Waals surface area contributed by atoms with Crippen LogP contribution in [0.5, 0.6) is 0 Å². The zero-order valence-electron chi connectivity index (χ0n) is 26.1. The minimum Gasteiger partial charge on any atom is -0.462 e. The van der Waals surface area contributed by atoms with Gasteiger partial charge in [0.1, 0.15) is 12.2 Å². The molecule has 1 saturated carbocycles. The fourth-order valence-electron chi connectivity index (χ4n) is 7.83. The molecule has 3 heterocycles. The highest BCUT2D eigenvalue weighted by atomic mass is 16.5. The van der Waals surface area contributed by atoms with Crippen molar-refractivity contribution in [3.8, 4) is 0 Å². The molecule has 1 aliphatic carbocycles. The average molecular weight is 557 g/mol. The molecule has 0 unspecified atom stereocenters. The summed E-state index contributed by atoms with van der Waals surface area (Å²) in [6.07, 6.45) is 12.3. The molecule has 1 aromatic rings. The topological polar surface area (TPSA) is 102 Å². The molecule has 2 N–H and O–H groups in total. The van der Waals surface area contributed by atoms with Crippen LogP contribution in [0.15, 0.2) is 12.4 Å². The Hall–Kier alpha value is -2.06.